The van der Waals surface area contributed by atoms with Crippen LogP contribution in [0.3, 0.4) is 0 Å². The van der Waals surface area contributed by atoms with Crippen LogP contribution in [0.5, 0.6) is 0 Å². The Bertz CT molecular complexity index is 777. The molecule has 146 valence electrons. The summed E-state index contributed by atoms with van der Waals surface area (Å²) in [5.74, 6) is 1.03. The number of rotatable bonds is 2. The topological polar surface area (TPSA) is 60.4 Å². The highest BCUT2D eigenvalue weighted by Crippen LogP contribution is 2.67. The van der Waals surface area contributed by atoms with Crippen molar-refractivity contribution in [2.75, 3.05) is 0 Å². The average molecular weight is 370 g/mol. The molecule has 2 saturated carbocycles. The Labute approximate surface area is 161 Å². The molecule has 4 aliphatic carbocycles. The number of carbonyl (C=O) groups excluding carboxylic acids is 3. The molecule has 0 radical (unpaired) electrons. The van der Waals surface area contributed by atoms with Crippen LogP contribution in [0.25, 0.3) is 0 Å². The molecule has 0 bridgehead atoms. The number of carbonyl (C=O) groups is 3. The van der Waals surface area contributed by atoms with E-state index in [1.54, 1.807) is 6.92 Å². The Morgan fingerprint density at radius 2 is 1.78 bits per heavy atom. The quantitative estimate of drug-likeness (QED) is 0.684. The maximum absolute atomic E-state index is 12.7. The van der Waals surface area contributed by atoms with Crippen LogP contribution in [0.2, 0.25) is 0 Å². The minimum absolute atomic E-state index is 0.0176. The van der Waals surface area contributed by atoms with E-state index in [9.17, 15) is 14.4 Å². The Morgan fingerprint density at radius 1 is 1.07 bits per heavy atom. The fourth-order valence-electron chi connectivity index (χ4n) is 7.06. The highest BCUT2D eigenvalue weighted by Gasteiger charge is 2.67. The molecule has 6 atom stereocenters. The number of fused-ring (bicyclic) bond motifs is 5. The van der Waals surface area contributed by atoms with Gasteiger partial charge in [0.25, 0.3) is 0 Å². The van der Waals surface area contributed by atoms with Gasteiger partial charge in [-0.2, -0.15) is 0 Å². The maximum atomic E-state index is 12.7. The summed E-state index contributed by atoms with van der Waals surface area (Å²) in [5, 5.41) is 0. The highest BCUT2D eigenvalue weighted by molar-refractivity contribution is 5.92. The molecule has 0 saturated heterocycles. The van der Waals surface area contributed by atoms with Gasteiger partial charge in [0.05, 0.1) is 0 Å². The number of esters is 1. The van der Waals surface area contributed by atoms with Gasteiger partial charge >= 0.3 is 5.97 Å². The first kappa shape index (κ1) is 18.6. The van der Waals surface area contributed by atoms with Gasteiger partial charge in [-0.05, 0) is 73.8 Å². The lowest BCUT2D eigenvalue weighted by atomic mass is 9.48. The molecular formula is C23H30O4. The molecular weight excluding hydrogens is 340 g/mol. The number of ketones is 2. The molecule has 4 heteroatoms. The van der Waals surface area contributed by atoms with Crippen molar-refractivity contribution >= 4 is 17.5 Å². The van der Waals surface area contributed by atoms with Crippen molar-refractivity contribution in [1.29, 1.82) is 0 Å². The molecule has 2 fully saturated rings. The third-order valence-corrected chi connectivity index (χ3v) is 8.52. The van der Waals surface area contributed by atoms with Crippen LogP contribution in [0.15, 0.2) is 23.8 Å². The number of hydrogen-bond acceptors (Lipinski definition) is 4. The first-order valence-corrected chi connectivity index (χ1v) is 10.3. The zero-order valence-electron chi connectivity index (χ0n) is 16.8. The molecule has 0 aromatic heterocycles. The van der Waals surface area contributed by atoms with Gasteiger partial charge < -0.3 is 4.74 Å². The van der Waals surface area contributed by atoms with Crippen LogP contribution in [-0.2, 0) is 19.1 Å². The minimum atomic E-state index is -0.984. The van der Waals surface area contributed by atoms with Crippen LogP contribution in [0.1, 0.15) is 66.2 Å². The van der Waals surface area contributed by atoms with E-state index < -0.39 is 5.60 Å². The van der Waals surface area contributed by atoms with Gasteiger partial charge in [-0.25, -0.2) is 0 Å². The Kier molecular flexibility index (Phi) is 4.07. The summed E-state index contributed by atoms with van der Waals surface area (Å²) in [7, 11) is 0. The lowest BCUT2D eigenvalue weighted by Crippen LogP contribution is -2.58. The predicted octanol–water partition coefficient (Wildman–Crippen LogP) is 4.19. The number of ether oxygens (including phenoxy) is 1. The van der Waals surface area contributed by atoms with E-state index >= 15 is 0 Å². The van der Waals surface area contributed by atoms with E-state index in [0.717, 1.165) is 25.7 Å². The summed E-state index contributed by atoms with van der Waals surface area (Å²) < 4.78 is 5.79. The molecule has 0 spiro atoms. The second-order valence-corrected chi connectivity index (χ2v) is 9.60. The third-order valence-electron chi connectivity index (χ3n) is 8.52. The largest absolute Gasteiger partial charge is 0.451 e. The second-order valence-electron chi connectivity index (χ2n) is 9.60. The summed E-state index contributed by atoms with van der Waals surface area (Å²) in [6.07, 6.45) is 11.2. The first-order chi connectivity index (χ1) is 12.6. The summed E-state index contributed by atoms with van der Waals surface area (Å²) in [6, 6.07) is 0. The number of Topliss-reactive ketones (excluding diaryl/α,β-unsaturated/α-hetero) is 1. The van der Waals surface area contributed by atoms with Crippen molar-refractivity contribution < 1.29 is 19.1 Å². The zero-order chi connectivity index (χ0) is 19.6. The Hall–Kier alpha value is -1.71. The van der Waals surface area contributed by atoms with Crippen LogP contribution < -0.4 is 0 Å². The van der Waals surface area contributed by atoms with Crippen LogP contribution in [0, 0.1) is 28.6 Å². The molecule has 0 aliphatic heterocycles. The fraction of sp³-hybridized carbons (Fsp3) is 0.696. The van der Waals surface area contributed by atoms with Crippen molar-refractivity contribution in [2.45, 2.75) is 71.8 Å². The standard InChI is InChI=1S/C23H30O4/c1-14(24)23(27-15(2)25)12-9-20-18-6-5-16-13-17(26)7-10-21(16,3)19(18)8-11-22(20,23)4/h5-6,13,18-20H,7-12H2,1-4H3/t18-,19-,20-,21+,22+,23-/m1/s1. The van der Waals surface area contributed by atoms with Crippen molar-refractivity contribution in [3.8, 4) is 0 Å². The molecule has 4 nitrogen and oxygen atoms in total. The molecule has 0 N–H and O–H groups in total. The van der Waals surface area contributed by atoms with Gasteiger partial charge in [-0.15, -0.1) is 0 Å². The monoisotopic (exact) mass is 370 g/mol. The van der Waals surface area contributed by atoms with E-state index in [2.05, 4.69) is 26.0 Å². The maximum Gasteiger partial charge on any atom is 0.303 e. The average Bonchev–Trinajstić information content (AvgIpc) is 2.89. The van der Waals surface area contributed by atoms with E-state index in [0.29, 0.717) is 30.6 Å². The van der Waals surface area contributed by atoms with Gasteiger partial charge in [0.2, 0.25) is 0 Å². The molecule has 4 aliphatic rings. The van der Waals surface area contributed by atoms with Crippen LogP contribution in [0.4, 0.5) is 0 Å². The predicted molar refractivity (Wildman–Crippen MR) is 102 cm³/mol. The van der Waals surface area contributed by atoms with E-state index in [1.165, 1.54) is 12.5 Å². The van der Waals surface area contributed by atoms with E-state index in [-0.39, 0.29) is 28.4 Å². The van der Waals surface area contributed by atoms with Crippen molar-refractivity contribution in [2.24, 2.45) is 28.6 Å². The summed E-state index contributed by atoms with van der Waals surface area (Å²) in [4.78, 5) is 36.5. The first-order valence-electron chi connectivity index (χ1n) is 10.3. The second kappa shape index (κ2) is 5.89. The van der Waals surface area contributed by atoms with E-state index in [4.69, 9.17) is 4.74 Å². The lowest BCUT2D eigenvalue weighted by molar-refractivity contribution is -0.185. The zero-order valence-corrected chi connectivity index (χ0v) is 16.8. The Balaban J connectivity index is 1.75. The fourth-order valence-corrected chi connectivity index (χ4v) is 7.06. The summed E-state index contributed by atoms with van der Waals surface area (Å²) in [5.41, 5.74) is -0.0864. The van der Waals surface area contributed by atoms with Crippen molar-refractivity contribution in [1.82, 2.24) is 0 Å². The smallest absolute Gasteiger partial charge is 0.303 e. The van der Waals surface area contributed by atoms with Crippen molar-refractivity contribution in [3.05, 3.63) is 23.8 Å². The molecule has 0 unspecified atom stereocenters. The highest BCUT2D eigenvalue weighted by atomic mass is 16.6. The van der Waals surface area contributed by atoms with Gasteiger partial charge in [-0.1, -0.05) is 26.0 Å². The summed E-state index contributed by atoms with van der Waals surface area (Å²) in [6.45, 7) is 7.46. The van der Waals surface area contributed by atoms with Gasteiger partial charge in [0.15, 0.2) is 17.2 Å². The third kappa shape index (κ3) is 2.37. The SMILES string of the molecule is CC(=O)O[C@@]1(C(C)=O)CC[C@@H]2[C@@H]3C=CC4=CC(=O)CC[C@]4(C)[C@@H]3CC[C@@]21C. The van der Waals surface area contributed by atoms with Crippen LogP contribution in [-0.4, -0.2) is 23.1 Å². The number of hydrogen-bond donors (Lipinski definition) is 0. The summed E-state index contributed by atoms with van der Waals surface area (Å²) >= 11 is 0. The van der Waals surface area contributed by atoms with E-state index in [1.807, 2.05) is 6.08 Å². The van der Waals surface area contributed by atoms with Gasteiger partial charge in [0, 0.05) is 18.8 Å². The molecule has 0 heterocycles. The molecule has 4 rings (SSSR count). The Morgan fingerprint density at radius 3 is 2.44 bits per heavy atom. The van der Waals surface area contributed by atoms with Crippen LogP contribution >= 0.6 is 0 Å². The molecule has 27 heavy (non-hydrogen) atoms. The van der Waals surface area contributed by atoms with Crippen molar-refractivity contribution in [3.63, 3.8) is 0 Å². The normalized spacial score (nSPS) is 45.4. The lowest BCUT2D eigenvalue weighted by Gasteiger charge is -2.57. The van der Waals surface area contributed by atoms with Gasteiger partial charge in [0.1, 0.15) is 0 Å². The molecule has 0 amide bonds. The minimum Gasteiger partial charge on any atom is -0.451 e. The van der Waals surface area contributed by atoms with Gasteiger partial charge in [-0.3, -0.25) is 14.4 Å². The molecule has 0 aromatic rings. The number of allylic oxidation sites excluding steroid dienone is 4. The molecule has 0 aromatic carbocycles.